The zero-order valence-corrected chi connectivity index (χ0v) is 8.67. The number of hydrogen-bond acceptors (Lipinski definition) is 2. The minimum atomic E-state index is -0.469. The summed E-state index contributed by atoms with van der Waals surface area (Å²) in [7, 11) is 1.69. The van der Waals surface area contributed by atoms with Crippen molar-refractivity contribution in [2.75, 3.05) is 13.6 Å². The van der Waals surface area contributed by atoms with Crippen LogP contribution in [0.25, 0.3) is 0 Å². The molecule has 0 aromatic heterocycles. The second-order valence-corrected chi connectivity index (χ2v) is 3.42. The van der Waals surface area contributed by atoms with Crippen molar-refractivity contribution in [3.8, 4) is 6.07 Å². The molecule has 0 aliphatic heterocycles. The second kappa shape index (κ2) is 4.85. The first kappa shape index (κ1) is 11.6. The highest BCUT2D eigenvalue weighted by Gasteiger charge is 2.15. The largest absolute Gasteiger partial charge is 0.287 e. The van der Waals surface area contributed by atoms with E-state index in [1.165, 1.54) is 0 Å². The van der Waals surface area contributed by atoms with Crippen LogP contribution in [-0.4, -0.2) is 18.5 Å². The first-order chi connectivity index (χ1) is 7.06. The van der Waals surface area contributed by atoms with Crippen LogP contribution in [0.2, 0.25) is 0 Å². The number of nitriles is 1. The number of nitrogens with zero attached hydrogens (tertiary/aromatic N) is 2. The third-order valence-corrected chi connectivity index (χ3v) is 2.39. The molecule has 1 aromatic carbocycles. The van der Waals surface area contributed by atoms with E-state index in [0.717, 1.165) is 18.2 Å². The minimum Gasteiger partial charge on any atom is -0.287 e. The molecule has 0 aliphatic carbocycles. The van der Waals surface area contributed by atoms with Crippen LogP contribution in [0.15, 0.2) is 18.2 Å². The molecule has 0 radical (unpaired) electrons. The summed E-state index contributed by atoms with van der Waals surface area (Å²) >= 11 is 0. The Balaban J connectivity index is 2.95. The fraction of sp³-hybridized carbons (Fsp3) is 0.364. The van der Waals surface area contributed by atoms with Crippen molar-refractivity contribution in [1.82, 2.24) is 4.90 Å². The number of benzene rings is 1. The van der Waals surface area contributed by atoms with E-state index >= 15 is 0 Å². The SMILES string of the molecule is C[C@H](c1cc(F)ccc1F)N(C)CC#N. The Labute approximate surface area is 87.7 Å². The standard InChI is InChI=1S/C11H12F2N2/c1-8(15(2)6-5-14)10-7-9(12)3-4-11(10)13/h3-4,7-8H,6H2,1-2H3/t8-/m1/s1. The molecule has 1 aromatic rings. The van der Waals surface area contributed by atoms with Crippen molar-refractivity contribution in [2.45, 2.75) is 13.0 Å². The van der Waals surface area contributed by atoms with Crippen LogP contribution in [0.3, 0.4) is 0 Å². The van der Waals surface area contributed by atoms with Crippen molar-refractivity contribution in [2.24, 2.45) is 0 Å². The molecule has 80 valence electrons. The van der Waals surface area contributed by atoms with Crippen LogP contribution in [0, 0.1) is 23.0 Å². The summed E-state index contributed by atoms with van der Waals surface area (Å²) < 4.78 is 26.3. The molecule has 1 rings (SSSR count). The van der Waals surface area contributed by atoms with Crippen molar-refractivity contribution in [3.63, 3.8) is 0 Å². The smallest absolute Gasteiger partial charge is 0.128 e. The normalized spacial score (nSPS) is 12.5. The van der Waals surface area contributed by atoms with Gasteiger partial charge in [0.15, 0.2) is 0 Å². The highest BCUT2D eigenvalue weighted by atomic mass is 19.1. The highest BCUT2D eigenvalue weighted by molar-refractivity contribution is 5.22. The minimum absolute atomic E-state index is 0.178. The fourth-order valence-corrected chi connectivity index (χ4v) is 1.32. The van der Waals surface area contributed by atoms with Gasteiger partial charge in [-0.25, -0.2) is 8.78 Å². The quantitative estimate of drug-likeness (QED) is 0.716. The zero-order chi connectivity index (χ0) is 11.4. The van der Waals surface area contributed by atoms with Gasteiger partial charge in [0.25, 0.3) is 0 Å². The summed E-state index contributed by atoms with van der Waals surface area (Å²) in [6, 6.07) is 4.98. The van der Waals surface area contributed by atoms with Crippen LogP contribution in [0.5, 0.6) is 0 Å². The zero-order valence-electron chi connectivity index (χ0n) is 8.67. The molecule has 0 saturated heterocycles. The first-order valence-corrected chi connectivity index (χ1v) is 4.58. The first-order valence-electron chi connectivity index (χ1n) is 4.58. The lowest BCUT2D eigenvalue weighted by molar-refractivity contribution is 0.285. The van der Waals surface area contributed by atoms with Gasteiger partial charge in [-0.3, -0.25) is 4.90 Å². The van der Waals surface area contributed by atoms with Crippen molar-refractivity contribution >= 4 is 0 Å². The van der Waals surface area contributed by atoms with Gasteiger partial charge in [-0.05, 0) is 32.2 Å². The maximum absolute atomic E-state index is 13.3. The third kappa shape index (κ3) is 2.74. The van der Waals surface area contributed by atoms with Crippen LogP contribution >= 0.6 is 0 Å². The highest BCUT2D eigenvalue weighted by Crippen LogP contribution is 2.22. The van der Waals surface area contributed by atoms with Gasteiger partial charge in [0.2, 0.25) is 0 Å². The Morgan fingerprint density at radius 1 is 1.47 bits per heavy atom. The lowest BCUT2D eigenvalue weighted by atomic mass is 10.1. The van der Waals surface area contributed by atoms with E-state index in [2.05, 4.69) is 0 Å². The number of hydrogen-bond donors (Lipinski definition) is 0. The van der Waals surface area contributed by atoms with Crippen LogP contribution < -0.4 is 0 Å². The molecular formula is C11H12F2N2. The van der Waals surface area contributed by atoms with Crippen LogP contribution in [0.1, 0.15) is 18.5 Å². The van der Waals surface area contributed by atoms with E-state index in [0.29, 0.717) is 0 Å². The Kier molecular flexibility index (Phi) is 3.75. The molecule has 15 heavy (non-hydrogen) atoms. The number of rotatable bonds is 3. The van der Waals surface area contributed by atoms with Crippen LogP contribution in [-0.2, 0) is 0 Å². The third-order valence-electron chi connectivity index (χ3n) is 2.39. The Morgan fingerprint density at radius 3 is 2.73 bits per heavy atom. The molecule has 0 unspecified atom stereocenters. The lowest BCUT2D eigenvalue weighted by Gasteiger charge is -2.22. The molecule has 0 amide bonds. The van der Waals surface area contributed by atoms with E-state index in [-0.39, 0.29) is 18.2 Å². The predicted molar refractivity (Wildman–Crippen MR) is 53.0 cm³/mol. The average molecular weight is 210 g/mol. The van der Waals surface area contributed by atoms with Gasteiger partial charge in [-0.1, -0.05) is 0 Å². The molecule has 2 nitrogen and oxygen atoms in total. The Hall–Kier alpha value is -1.47. The maximum Gasteiger partial charge on any atom is 0.128 e. The molecule has 0 heterocycles. The topological polar surface area (TPSA) is 27.0 Å². The molecule has 1 atom stereocenters. The molecular weight excluding hydrogens is 198 g/mol. The van der Waals surface area contributed by atoms with Gasteiger partial charge in [-0.15, -0.1) is 0 Å². The summed E-state index contributed by atoms with van der Waals surface area (Å²) in [6.45, 7) is 1.91. The maximum atomic E-state index is 13.3. The molecule has 0 bridgehead atoms. The van der Waals surface area contributed by atoms with E-state index in [1.54, 1.807) is 18.9 Å². The molecule has 0 saturated carbocycles. The monoisotopic (exact) mass is 210 g/mol. The van der Waals surface area contributed by atoms with Gasteiger partial charge >= 0.3 is 0 Å². The van der Waals surface area contributed by atoms with Gasteiger partial charge in [0, 0.05) is 11.6 Å². The summed E-state index contributed by atoms with van der Waals surface area (Å²) in [6.07, 6.45) is 0. The summed E-state index contributed by atoms with van der Waals surface area (Å²) in [5.41, 5.74) is 0.271. The molecule has 0 spiro atoms. The number of halogens is 2. The van der Waals surface area contributed by atoms with Gasteiger partial charge in [0.05, 0.1) is 12.6 Å². The van der Waals surface area contributed by atoms with E-state index < -0.39 is 11.6 Å². The van der Waals surface area contributed by atoms with Crippen LogP contribution in [0.4, 0.5) is 8.78 Å². The second-order valence-electron chi connectivity index (χ2n) is 3.42. The Morgan fingerprint density at radius 2 is 2.13 bits per heavy atom. The summed E-state index contributed by atoms with van der Waals surface area (Å²) in [5.74, 6) is -0.919. The summed E-state index contributed by atoms with van der Waals surface area (Å²) in [4.78, 5) is 1.65. The van der Waals surface area contributed by atoms with Gasteiger partial charge < -0.3 is 0 Å². The molecule has 4 heteroatoms. The van der Waals surface area contributed by atoms with Crippen molar-refractivity contribution in [1.29, 1.82) is 5.26 Å². The lowest BCUT2D eigenvalue weighted by Crippen LogP contribution is -2.23. The average Bonchev–Trinajstić information content (AvgIpc) is 2.21. The molecule has 0 fully saturated rings. The fourth-order valence-electron chi connectivity index (χ4n) is 1.32. The summed E-state index contributed by atoms with van der Waals surface area (Å²) in [5, 5.41) is 8.50. The van der Waals surface area contributed by atoms with Crippen molar-refractivity contribution in [3.05, 3.63) is 35.4 Å². The molecule has 0 N–H and O–H groups in total. The van der Waals surface area contributed by atoms with Crippen molar-refractivity contribution < 1.29 is 8.78 Å². The van der Waals surface area contributed by atoms with Gasteiger partial charge in [0.1, 0.15) is 11.6 Å². The van der Waals surface area contributed by atoms with E-state index in [9.17, 15) is 8.78 Å². The van der Waals surface area contributed by atoms with E-state index in [1.807, 2.05) is 6.07 Å². The van der Waals surface area contributed by atoms with Gasteiger partial charge in [-0.2, -0.15) is 5.26 Å². The van der Waals surface area contributed by atoms with E-state index in [4.69, 9.17) is 5.26 Å². The Bertz CT molecular complexity index is 385. The predicted octanol–water partition coefficient (Wildman–Crippen LogP) is 2.48. The molecule has 0 aliphatic rings.